The molecule has 2 nitrogen and oxygen atoms in total. The summed E-state index contributed by atoms with van der Waals surface area (Å²) in [7, 11) is 0. The minimum Gasteiger partial charge on any atom is -0.338 e. The summed E-state index contributed by atoms with van der Waals surface area (Å²) < 4.78 is 0. The van der Waals surface area contributed by atoms with Crippen molar-refractivity contribution in [3.63, 3.8) is 0 Å². The van der Waals surface area contributed by atoms with Crippen LogP contribution in [0.2, 0.25) is 0 Å². The minimum atomic E-state index is 0.318. The summed E-state index contributed by atoms with van der Waals surface area (Å²) in [5.74, 6) is 0.318. The van der Waals surface area contributed by atoms with Crippen LogP contribution in [0.1, 0.15) is 32.6 Å². The molecule has 0 spiro atoms. The molecule has 1 heterocycles. The SMILES string of the molecule is CC1=CCCN(C(=O)CCCCBr)C1. The molecule has 0 N–H and O–H groups in total. The molecule has 0 aromatic rings. The summed E-state index contributed by atoms with van der Waals surface area (Å²) in [6.45, 7) is 3.84. The first-order valence-electron chi connectivity index (χ1n) is 5.23. The second-order valence-electron chi connectivity index (χ2n) is 3.80. The first kappa shape index (κ1) is 11.8. The molecule has 0 unspecified atom stereocenters. The lowest BCUT2D eigenvalue weighted by Gasteiger charge is -2.26. The number of alkyl halides is 1. The molecule has 0 aliphatic carbocycles. The van der Waals surface area contributed by atoms with E-state index in [1.54, 1.807) is 0 Å². The minimum absolute atomic E-state index is 0.318. The van der Waals surface area contributed by atoms with Crippen molar-refractivity contribution in [1.82, 2.24) is 4.90 Å². The van der Waals surface area contributed by atoms with Gasteiger partial charge in [-0.05, 0) is 26.2 Å². The number of carbonyl (C=O) groups is 1. The lowest BCUT2D eigenvalue weighted by Crippen LogP contribution is -2.35. The highest BCUT2D eigenvalue weighted by Gasteiger charge is 2.15. The summed E-state index contributed by atoms with van der Waals surface area (Å²) in [5, 5.41) is 0.999. The number of hydrogen-bond acceptors (Lipinski definition) is 1. The van der Waals surface area contributed by atoms with Gasteiger partial charge in [-0.3, -0.25) is 4.79 Å². The molecule has 0 atom stereocenters. The summed E-state index contributed by atoms with van der Waals surface area (Å²) in [4.78, 5) is 13.7. The topological polar surface area (TPSA) is 20.3 Å². The Morgan fingerprint density at radius 3 is 3.00 bits per heavy atom. The Labute approximate surface area is 94.5 Å². The van der Waals surface area contributed by atoms with Crippen molar-refractivity contribution < 1.29 is 4.79 Å². The number of rotatable bonds is 4. The van der Waals surface area contributed by atoms with E-state index in [2.05, 4.69) is 28.9 Å². The fraction of sp³-hybridized carbons (Fsp3) is 0.727. The molecule has 1 aliphatic heterocycles. The Morgan fingerprint density at radius 2 is 2.36 bits per heavy atom. The normalized spacial score (nSPS) is 16.7. The van der Waals surface area contributed by atoms with Gasteiger partial charge in [-0.1, -0.05) is 27.6 Å². The molecule has 0 aromatic carbocycles. The van der Waals surface area contributed by atoms with Gasteiger partial charge in [-0.25, -0.2) is 0 Å². The number of unbranched alkanes of at least 4 members (excludes halogenated alkanes) is 1. The monoisotopic (exact) mass is 259 g/mol. The highest BCUT2D eigenvalue weighted by molar-refractivity contribution is 9.09. The van der Waals surface area contributed by atoms with Crippen LogP contribution in [0.4, 0.5) is 0 Å². The van der Waals surface area contributed by atoms with Crippen LogP contribution in [0.25, 0.3) is 0 Å². The Hall–Kier alpha value is -0.310. The summed E-state index contributed by atoms with van der Waals surface area (Å²) in [5.41, 5.74) is 1.32. The third-order valence-corrected chi connectivity index (χ3v) is 3.02. The molecule has 0 saturated heterocycles. The molecule has 0 fully saturated rings. The molecule has 0 aromatic heterocycles. The molecule has 14 heavy (non-hydrogen) atoms. The Kier molecular flexibility index (Phi) is 5.23. The second-order valence-corrected chi connectivity index (χ2v) is 4.59. The molecule has 0 saturated carbocycles. The van der Waals surface area contributed by atoms with Gasteiger partial charge in [0, 0.05) is 24.8 Å². The molecule has 0 bridgehead atoms. The number of carbonyl (C=O) groups excluding carboxylic acids is 1. The van der Waals surface area contributed by atoms with E-state index in [-0.39, 0.29) is 0 Å². The fourth-order valence-electron chi connectivity index (χ4n) is 1.65. The average molecular weight is 260 g/mol. The number of nitrogens with zero attached hydrogens (tertiary/aromatic N) is 1. The molecule has 80 valence electrons. The van der Waals surface area contributed by atoms with Gasteiger partial charge in [0.2, 0.25) is 5.91 Å². The van der Waals surface area contributed by atoms with Crippen molar-refractivity contribution in [2.75, 3.05) is 18.4 Å². The van der Waals surface area contributed by atoms with Gasteiger partial charge >= 0.3 is 0 Å². The number of halogens is 1. The van der Waals surface area contributed by atoms with Gasteiger partial charge in [0.15, 0.2) is 0 Å². The quantitative estimate of drug-likeness (QED) is 0.432. The van der Waals surface area contributed by atoms with Gasteiger partial charge in [-0.15, -0.1) is 0 Å². The largest absolute Gasteiger partial charge is 0.338 e. The van der Waals surface area contributed by atoms with Gasteiger partial charge in [0.05, 0.1) is 0 Å². The van der Waals surface area contributed by atoms with Crippen LogP contribution in [0.5, 0.6) is 0 Å². The second kappa shape index (κ2) is 6.23. The van der Waals surface area contributed by atoms with Crippen LogP contribution in [0.3, 0.4) is 0 Å². The van der Waals surface area contributed by atoms with Crippen molar-refractivity contribution in [3.8, 4) is 0 Å². The third-order valence-electron chi connectivity index (χ3n) is 2.46. The zero-order valence-electron chi connectivity index (χ0n) is 8.76. The number of amides is 1. The molecule has 1 rings (SSSR count). The Bertz CT molecular complexity index is 225. The standard InChI is InChI=1S/C11H18BrNO/c1-10-5-4-8-13(9-10)11(14)6-2-3-7-12/h5H,2-4,6-9H2,1H3. The van der Waals surface area contributed by atoms with Crippen LogP contribution in [0.15, 0.2) is 11.6 Å². The van der Waals surface area contributed by atoms with E-state index in [0.717, 1.165) is 37.7 Å². The maximum absolute atomic E-state index is 11.7. The van der Waals surface area contributed by atoms with E-state index in [1.807, 2.05) is 4.90 Å². The van der Waals surface area contributed by atoms with E-state index in [0.29, 0.717) is 12.3 Å². The molecule has 0 radical (unpaired) electrons. The maximum atomic E-state index is 11.7. The van der Waals surface area contributed by atoms with Crippen LogP contribution < -0.4 is 0 Å². The van der Waals surface area contributed by atoms with Gasteiger partial charge in [0.1, 0.15) is 0 Å². The molecule has 3 heteroatoms. The summed E-state index contributed by atoms with van der Waals surface area (Å²) in [6.07, 6.45) is 6.05. The lowest BCUT2D eigenvalue weighted by molar-refractivity contribution is -0.131. The molecular weight excluding hydrogens is 242 g/mol. The predicted octanol–water partition coefficient (Wildman–Crippen LogP) is 2.73. The first-order valence-corrected chi connectivity index (χ1v) is 6.35. The van der Waals surface area contributed by atoms with E-state index in [9.17, 15) is 4.79 Å². The van der Waals surface area contributed by atoms with Crippen molar-refractivity contribution in [2.24, 2.45) is 0 Å². The Balaban J connectivity index is 2.27. The van der Waals surface area contributed by atoms with Gasteiger partial charge in [0.25, 0.3) is 0 Å². The zero-order valence-corrected chi connectivity index (χ0v) is 10.3. The predicted molar refractivity (Wildman–Crippen MR) is 62.6 cm³/mol. The van der Waals surface area contributed by atoms with Crippen molar-refractivity contribution >= 4 is 21.8 Å². The first-order chi connectivity index (χ1) is 6.74. The highest BCUT2D eigenvalue weighted by Crippen LogP contribution is 2.11. The van der Waals surface area contributed by atoms with E-state index >= 15 is 0 Å². The van der Waals surface area contributed by atoms with Crippen molar-refractivity contribution in [2.45, 2.75) is 32.6 Å². The highest BCUT2D eigenvalue weighted by atomic mass is 79.9. The van der Waals surface area contributed by atoms with E-state index < -0.39 is 0 Å². The Morgan fingerprint density at radius 1 is 1.57 bits per heavy atom. The van der Waals surface area contributed by atoms with Crippen LogP contribution in [-0.2, 0) is 4.79 Å². The fourth-order valence-corrected chi connectivity index (χ4v) is 2.05. The van der Waals surface area contributed by atoms with E-state index in [4.69, 9.17) is 0 Å². The maximum Gasteiger partial charge on any atom is 0.222 e. The average Bonchev–Trinajstić information content (AvgIpc) is 2.18. The molecule has 1 amide bonds. The van der Waals surface area contributed by atoms with Crippen LogP contribution in [0, 0.1) is 0 Å². The van der Waals surface area contributed by atoms with Crippen LogP contribution in [-0.4, -0.2) is 29.2 Å². The van der Waals surface area contributed by atoms with Crippen LogP contribution >= 0.6 is 15.9 Å². The lowest BCUT2D eigenvalue weighted by atomic mass is 10.1. The zero-order chi connectivity index (χ0) is 10.4. The molecule has 1 aliphatic rings. The van der Waals surface area contributed by atoms with E-state index in [1.165, 1.54) is 5.57 Å². The smallest absolute Gasteiger partial charge is 0.222 e. The van der Waals surface area contributed by atoms with Crippen molar-refractivity contribution in [3.05, 3.63) is 11.6 Å². The number of hydrogen-bond donors (Lipinski definition) is 0. The molecular formula is C11H18BrNO. The third kappa shape index (κ3) is 3.82. The van der Waals surface area contributed by atoms with Gasteiger partial charge < -0.3 is 4.90 Å². The summed E-state index contributed by atoms with van der Waals surface area (Å²) in [6, 6.07) is 0. The van der Waals surface area contributed by atoms with Gasteiger partial charge in [-0.2, -0.15) is 0 Å². The van der Waals surface area contributed by atoms with Crippen molar-refractivity contribution in [1.29, 1.82) is 0 Å². The summed E-state index contributed by atoms with van der Waals surface area (Å²) >= 11 is 3.37.